The fourth-order valence-electron chi connectivity index (χ4n) is 4.18. The molecule has 136 valence electrons. The van der Waals surface area contributed by atoms with Gasteiger partial charge in [0.05, 0.1) is 5.56 Å². The number of esters is 1. The molecule has 0 amide bonds. The molecule has 4 nitrogen and oxygen atoms in total. The summed E-state index contributed by atoms with van der Waals surface area (Å²) in [5, 5.41) is 0. The molecular formula is C18H28Cl2N2O2. The van der Waals surface area contributed by atoms with E-state index in [0.29, 0.717) is 23.4 Å². The average molecular weight is 375 g/mol. The first kappa shape index (κ1) is 21.2. The van der Waals surface area contributed by atoms with Gasteiger partial charge in [0.25, 0.3) is 0 Å². The van der Waals surface area contributed by atoms with Gasteiger partial charge in [-0.3, -0.25) is 0 Å². The van der Waals surface area contributed by atoms with Gasteiger partial charge < -0.3 is 14.5 Å². The van der Waals surface area contributed by atoms with Crippen molar-refractivity contribution in [1.82, 2.24) is 9.80 Å². The van der Waals surface area contributed by atoms with E-state index < -0.39 is 0 Å². The van der Waals surface area contributed by atoms with Gasteiger partial charge in [-0.15, -0.1) is 24.8 Å². The number of hydrogen-bond donors (Lipinski definition) is 0. The fourth-order valence-corrected chi connectivity index (χ4v) is 4.18. The molecular weight excluding hydrogens is 347 g/mol. The summed E-state index contributed by atoms with van der Waals surface area (Å²) in [7, 11) is 6.44. The van der Waals surface area contributed by atoms with Crippen molar-refractivity contribution in [2.45, 2.75) is 25.0 Å². The molecule has 4 atom stereocenters. The molecule has 0 spiro atoms. The minimum atomic E-state index is -0.176. The van der Waals surface area contributed by atoms with Crippen LogP contribution in [0.1, 0.15) is 23.2 Å². The van der Waals surface area contributed by atoms with E-state index in [1.165, 1.54) is 6.42 Å². The Balaban J connectivity index is 0.00000144. The molecule has 3 rings (SSSR count). The van der Waals surface area contributed by atoms with E-state index in [1.807, 2.05) is 30.3 Å². The van der Waals surface area contributed by atoms with Gasteiger partial charge in [0.15, 0.2) is 0 Å². The van der Waals surface area contributed by atoms with Crippen molar-refractivity contribution in [3.8, 4) is 0 Å². The SMILES string of the molecule is CN1CC2CC[C@@H](N(C)C)C(C1)[C@H]2OC(=O)c1ccccc1.Cl.Cl. The summed E-state index contributed by atoms with van der Waals surface area (Å²) in [6.45, 7) is 2.04. The van der Waals surface area contributed by atoms with Gasteiger partial charge >= 0.3 is 5.97 Å². The third-order valence-corrected chi connectivity index (χ3v) is 5.20. The highest BCUT2D eigenvalue weighted by Crippen LogP contribution is 2.38. The summed E-state index contributed by atoms with van der Waals surface area (Å²) < 4.78 is 5.98. The fraction of sp³-hybridized carbons (Fsp3) is 0.611. The van der Waals surface area contributed by atoms with Crippen LogP contribution in [0.15, 0.2) is 30.3 Å². The van der Waals surface area contributed by atoms with Crippen LogP contribution >= 0.6 is 24.8 Å². The molecule has 1 aromatic rings. The maximum absolute atomic E-state index is 12.5. The van der Waals surface area contributed by atoms with Gasteiger partial charge in [-0.25, -0.2) is 4.79 Å². The van der Waals surface area contributed by atoms with Crippen LogP contribution in [0.3, 0.4) is 0 Å². The summed E-state index contributed by atoms with van der Waals surface area (Å²) >= 11 is 0. The largest absolute Gasteiger partial charge is 0.458 e. The summed E-state index contributed by atoms with van der Waals surface area (Å²) in [6.07, 6.45) is 2.39. The monoisotopic (exact) mass is 374 g/mol. The van der Waals surface area contributed by atoms with Crippen molar-refractivity contribution in [3.05, 3.63) is 35.9 Å². The Kier molecular flexibility index (Phi) is 8.00. The lowest BCUT2D eigenvalue weighted by Crippen LogP contribution is -2.59. The molecule has 2 fully saturated rings. The van der Waals surface area contributed by atoms with Gasteiger partial charge in [0.1, 0.15) is 6.10 Å². The first-order chi connectivity index (χ1) is 10.6. The van der Waals surface area contributed by atoms with E-state index in [-0.39, 0.29) is 36.9 Å². The molecule has 1 aromatic carbocycles. The summed E-state index contributed by atoms with van der Waals surface area (Å²) in [5.41, 5.74) is 0.654. The van der Waals surface area contributed by atoms with Crippen LogP contribution in [-0.4, -0.2) is 62.1 Å². The maximum Gasteiger partial charge on any atom is 0.338 e. The summed E-state index contributed by atoms with van der Waals surface area (Å²) in [5.74, 6) is 0.692. The Morgan fingerprint density at radius 2 is 1.79 bits per heavy atom. The summed E-state index contributed by atoms with van der Waals surface area (Å²) in [4.78, 5) is 17.1. The standard InChI is InChI=1S/C18H26N2O2.2ClH/c1-19(2)16-10-9-14-11-20(3)12-15(16)17(14)22-18(21)13-7-5-4-6-8-13;;/h4-8,14-17H,9-12H2,1-3H3;2*1H/t14?,15?,16-,17+;;/m1../s1. The predicted molar refractivity (Wildman–Crippen MR) is 101 cm³/mol. The zero-order valence-corrected chi connectivity index (χ0v) is 16.2. The van der Waals surface area contributed by atoms with Gasteiger partial charge in [-0.2, -0.15) is 0 Å². The Labute approximate surface area is 157 Å². The highest BCUT2D eigenvalue weighted by Gasteiger charge is 2.46. The third kappa shape index (κ3) is 4.42. The molecule has 0 aromatic heterocycles. The molecule has 1 saturated heterocycles. The second-order valence-electron chi connectivity index (χ2n) is 6.99. The Morgan fingerprint density at radius 1 is 1.12 bits per heavy atom. The molecule has 24 heavy (non-hydrogen) atoms. The van der Waals surface area contributed by atoms with Crippen LogP contribution in [0.4, 0.5) is 0 Å². The highest BCUT2D eigenvalue weighted by atomic mass is 35.5. The highest BCUT2D eigenvalue weighted by molar-refractivity contribution is 5.89. The number of rotatable bonds is 3. The minimum Gasteiger partial charge on any atom is -0.458 e. The summed E-state index contributed by atoms with van der Waals surface area (Å²) in [6, 6.07) is 9.84. The smallest absolute Gasteiger partial charge is 0.338 e. The van der Waals surface area contributed by atoms with E-state index in [9.17, 15) is 4.79 Å². The molecule has 1 aliphatic heterocycles. The number of fused-ring (bicyclic) bond motifs is 2. The van der Waals surface area contributed by atoms with Crippen molar-refractivity contribution < 1.29 is 9.53 Å². The zero-order valence-electron chi connectivity index (χ0n) is 14.6. The zero-order chi connectivity index (χ0) is 15.7. The molecule has 2 bridgehead atoms. The van der Waals surface area contributed by atoms with Crippen LogP contribution in [0.25, 0.3) is 0 Å². The number of nitrogens with zero attached hydrogens (tertiary/aromatic N) is 2. The number of hydrogen-bond acceptors (Lipinski definition) is 4. The lowest BCUT2D eigenvalue weighted by atomic mass is 9.72. The van der Waals surface area contributed by atoms with Crippen LogP contribution < -0.4 is 0 Å². The number of carbonyl (C=O) groups excluding carboxylic acids is 1. The van der Waals surface area contributed by atoms with Crippen molar-refractivity contribution in [2.75, 3.05) is 34.2 Å². The lowest BCUT2D eigenvalue weighted by Gasteiger charge is -2.50. The van der Waals surface area contributed by atoms with Crippen molar-refractivity contribution >= 4 is 30.8 Å². The van der Waals surface area contributed by atoms with E-state index >= 15 is 0 Å². The first-order valence-electron chi connectivity index (χ1n) is 8.17. The number of piperidine rings is 1. The van der Waals surface area contributed by atoms with Crippen LogP contribution in [0, 0.1) is 11.8 Å². The quantitative estimate of drug-likeness (QED) is 0.761. The van der Waals surface area contributed by atoms with E-state index in [0.717, 1.165) is 19.5 Å². The molecule has 0 N–H and O–H groups in total. The van der Waals surface area contributed by atoms with E-state index in [4.69, 9.17) is 4.74 Å². The normalized spacial score (nSPS) is 29.3. The number of likely N-dealkylation sites (tertiary alicyclic amines) is 1. The Hall–Kier alpha value is -0.810. The van der Waals surface area contributed by atoms with Crippen LogP contribution in [0.5, 0.6) is 0 Å². The Morgan fingerprint density at radius 3 is 2.42 bits per heavy atom. The third-order valence-electron chi connectivity index (χ3n) is 5.20. The Bertz CT molecular complexity index is 527. The number of benzene rings is 1. The maximum atomic E-state index is 12.5. The number of ether oxygens (including phenoxy) is 1. The molecule has 2 unspecified atom stereocenters. The van der Waals surface area contributed by atoms with Crippen molar-refractivity contribution in [1.29, 1.82) is 0 Å². The van der Waals surface area contributed by atoms with Gasteiger partial charge in [0, 0.05) is 31.0 Å². The number of halogens is 2. The lowest BCUT2D eigenvalue weighted by molar-refractivity contribution is -0.0873. The van der Waals surface area contributed by atoms with E-state index in [2.05, 4.69) is 30.9 Å². The minimum absolute atomic E-state index is 0. The van der Waals surface area contributed by atoms with Crippen LogP contribution in [-0.2, 0) is 4.74 Å². The average Bonchev–Trinajstić information content (AvgIpc) is 2.49. The van der Waals surface area contributed by atoms with Crippen LogP contribution in [0.2, 0.25) is 0 Å². The van der Waals surface area contributed by atoms with Crippen molar-refractivity contribution in [3.63, 3.8) is 0 Å². The first-order valence-corrected chi connectivity index (χ1v) is 8.17. The second kappa shape index (κ2) is 9.04. The van der Waals surface area contributed by atoms with Crippen molar-refractivity contribution in [2.24, 2.45) is 11.8 Å². The predicted octanol–water partition coefficient (Wildman–Crippen LogP) is 2.96. The van der Waals surface area contributed by atoms with Gasteiger partial charge in [-0.1, -0.05) is 18.2 Å². The molecule has 2 aliphatic rings. The topological polar surface area (TPSA) is 32.8 Å². The molecule has 1 aliphatic carbocycles. The van der Waals surface area contributed by atoms with Gasteiger partial charge in [0.2, 0.25) is 0 Å². The molecule has 6 heteroatoms. The van der Waals surface area contributed by atoms with E-state index in [1.54, 1.807) is 0 Å². The van der Waals surface area contributed by atoms with Gasteiger partial charge in [-0.05, 0) is 46.1 Å². The number of carbonyl (C=O) groups is 1. The molecule has 1 saturated carbocycles. The second-order valence-corrected chi connectivity index (χ2v) is 6.99. The molecule has 0 radical (unpaired) electrons. The molecule has 1 heterocycles.